The second-order valence-electron chi connectivity index (χ2n) is 4.66. The molecule has 132 valence electrons. The quantitative estimate of drug-likeness (QED) is 0.603. The Morgan fingerprint density at radius 2 is 1.96 bits per heavy atom. The minimum atomic E-state index is -0.958. The molecule has 0 aliphatic heterocycles. The largest absolute Gasteiger partial charge is 0.497 e. The molecule has 0 bridgehead atoms. The highest BCUT2D eigenvalue weighted by molar-refractivity contribution is 5.77. The molecule has 1 N–H and O–H groups in total. The summed E-state index contributed by atoms with van der Waals surface area (Å²) >= 11 is 0. The molecule has 24 heavy (non-hydrogen) atoms. The summed E-state index contributed by atoms with van der Waals surface area (Å²) in [6.07, 6.45) is -0.956. The molecular formula is C16H22N2O6. The summed E-state index contributed by atoms with van der Waals surface area (Å²) in [7, 11) is 1.53. The van der Waals surface area contributed by atoms with E-state index in [1.807, 2.05) is 0 Å². The second kappa shape index (κ2) is 10.1. The number of aldehydes is 1. The lowest BCUT2D eigenvalue weighted by Crippen LogP contribution is -2.53. The van der Waals surface area contributed by atoms with Crippen molar-refractivity contribution in [1.82, 2.24) is 10.4 Å². The SMILES string of the molecule is CCOC(=O)NN(C(=O)OCC)[C@H](C=O)Cc1cccc(OC)c1. The number of ether oxygens (including phenoxy) is 3. The number of rotatable bonds is 7. The van der Waals surface area contributed by atoms with Crippen molar-refractivity contribution in [2.45, 2.75) is 26.3 Å². The number of nitrogens with zero attached hydrogens (tertiary/aromatic N) is 1. The van der Waals surface area contributed by atoms with Crippen LogP contribution in [0.2, 0.25) is 0 Å². The maximum atomic E-state index is 12.0. The molecular weight excluding hydrogens is 316 g/mol. The Balaban J connectivity index is 2.95. The van der Waals surface area contributed by atoms with Crippen molar-refractivity contribution < 1.29 is 28.6 Å². The van der Waals surface area contributed by atoms with Crippen molar-refractivity contribution in [2.24, 2.45) is 0 Å². The summed E-state index contributed by atoms with van der Waals surface area (Å²) in [5, 5.41) is 0.827. The van der Waals surface area contributed by atoms with Gasteiger partial charge in [0.2, 0.25) is 0 Å². The Kier molecular flexibility index (Phi) is 8.10. The lowest BCUT2D eigenvalue weighted by atomic mass is 10.1. The Morgan fingerprint density at radius 1 is 1.25 bits per heavy atom. The number of hydrazine groups is 1. The number of amides is 2. The minimum absolute atomic E-state index is 0.102. The standard InChI is InChI=1S/C16H22N2O6/c1-4-23-15(20)17-18(16(21)24-5-2)13(11-19)9-12-7-6-8-14(10-12)22-3/h6-8,10-11,13H,4-5,9H2,1-3H3,(H,17,20)/t13-/m0/s1. The molecule has 1 rings (SSSR count). The van der Waals surface area contributed by atoms with Crippen LogP contribution in [-0.2, 0) is 20.7 Å². The van der Waals surface area contributed by atoms with Crippen molar-refractivity contribution in [3.63, 3.8) is 0 Å². The molecule has 8 nitrogen and oxygen atoms in total. The molecule has 0 fully saturated rings. The van der Waals surface area contributed by atoms with Crippen LogP contribution in [0.4, 0.5) is 9.59 Å². The van der Waals surface area contributed by atoms with Gasteiger partial charge >= 0.3 is 12.2 Å². The third kappa shape index (κ3) is 5.79. The first-order chi connectivity index (χ1) is 11.5. The Morgan fingerprint density at radius 3 is 2.54 bits per heavy atom. The fraction of sp³-hybridized carbons (Fsp3) is 0.438. The van der Waals surface area contributed by atoms with Crippen LogP contribution in [0, 0.1) is 0 Å². The molecule has 0 aliphatic carbocycles. The first-order valence-corrected chi connectivity index (χ1v) is 7.53. The molecule has 0 unspecified atom stereocenters. The average molecular weight is 338 g/mol. The highest BCUT2D eigenvalue weighted by Crippen LogP contribution is 2.15. The van der Waals surface area contributed by atoms with Crippen LogP contribution in [0.3, 0.4) is 0 Å². The molecule has 1 atom stereocenters. The van der Waals surface area contributed by atoms with Crippen LogP contribution in [-0.4, -0.2) is 49.8 Å². The number of hydrogen-bond acceptors (Lipinski definition) is 6. The van der Waals surface area contributed by atoms with Crippen molar-refractivity contribution in [1.29, 1.82) is 0 Å². The summed E-state index contributed by atoms with van der Waals surface area (Å²) in [5.74, 6) is 0.623. The summed E-state index contributed by atoms with van der Waals surface area (Å²) in [4.78, 5) is 35.1. The van der Waals surface area contributed by atoms with Gasteiger partial charge in [0, 0.05) is 6.42 Å². The van der Waals surface area contributed by atoms with E-state index < -0.39 is 18.2 Å². The van der Waals surface area contributed by atoms with Gasteiger partial charge in [0.1, 0.15) is 18.1 Å². The van der Waals surface area contributed by atoms with E-state index in [1.54, 1.807) is 38.1 Å². The predicted molar refractivity (Wildman–Crippen MR) is 85.6 cm³/mol. The van der Waals surface area contributed by atoms with Gasteiger partial charge < -0.3 is 19.0 Å². The summed E-state index contributed by atoms with van der Waals surface area (Å²) in [5.41, 5.74) is 2.99. The zero-order valence-corrected chi connectivity index (χ0v) is 14.0. The van der Waals surface area contributed by atoms with Gasteiger partial charge in [0.25, 0.3) is 0 Å². The zero-order chi connectivity index (χ0) is 17.9. The van der Waals surface area contributed by atoms with Gasteiger partial charge in [-0.3, -0.25) is 0 Å². The highest BCUT2D eigenvalue weighted by Gasteiger charge is 2.27. The molecule has 2 amide bonds. The normalized spacial score (nSPS) is 11.1. The van der Waals surface area contributed by atoms with Gasteiger partial charge in [-0.2, -0.15) is 0 Å². The molecule has 1 aromatic carbocycles. The predicted octanol–water partition coefficient (Wildman–Crippen LogP) is 1.92. The summed E-state index contributed by atoms with van der Waals surface area (Å²) in [6, 6.07) is 6.10. The Hall–Kier alpha value is -2.77. The number of methoxy groups -OCH3 is 1. The maximum absolute atomic E-state index is 12.0. The van der Waals surface area contributed by atoms with E-state index in [4.69, 9.17) is 14.2 Å². The van der Waals surface area contributed by atoms with Crippen LogP contribution in [0.1, 0.15) is 19.4 Å². The van der Waals surface area contributed by atoms with Gasteiger partial charge in [-0.15, -0.1) is 0 Å². The number of carbonyl (C=O) groups is 3. The van der Waals surface area contributed by atoms with E-state index in [0.717, 1.165) is 10.6 Å². The smallest absolute Gasteiger partial charge is 0.429 e. The van der Waals surface area contributed by atoms with Crippen LogP contribution >= 0.6 is 0 Å². The van der Waals surface area contributed by atoms with Crippen molar-refractivity contribution in [2.75, 3.05) is 20.3 Å². The third-order valence-corrected chi connectivity index (χ3v) is 3.02. The van der Waals surface area contributed by atoms with Gasteiger partial charge in [-0.05, 0) is 31.5 Å². The average Bonchev–Trinajstić information content (AvgIpc) is 2.58. The van der Waals surface area contributed by atoms with Gasteiger partial charge in [0.15, 0.2) is 0 Å². The first-order valence-electron chi connectivity index (χ1n) is 7.53. The zero-order valence-electron chi connectivity index (χ0n) is 14.0. The van der Waals surface area contributed by atoms with Crippen molar-refractivity contribution in [3.8, 4) is 5.75 Å². The monoisotopic (exact) mass is 338 g/mol. The number of benzene rings is 1. The molecule has 1 aromatic rings. The highest BCUT2D eigenvalue weighted by atomic mass is 16.6. The summed E-state index contributed by atoms with van der Waals surface area (Å²) < 4.78 is 14.8. The van der Waals surface area contributed by atoms with Crippen LogP contribution in [0.25, 0.3) is 0 Å². The molecule has 0 aromatic heterocycles. The number of nitrogens with one attached hydrogen (secondary N) is 1. The second-order valence-corrected chi connectivity index (χ2v) is 4.66. The van der Waals surface area contributed by atoms with Crippen LogP contribution < -0.4 is 10.2 Å². The summed E-state index contributed by atoms with van der Waals surface area (Å²) in [6.45, 7) is 3.48. The molecule has 0 aliphatic rings. The molecule has 0 spiro atoms. The van der Waals surface area contributed by atoms with Crippen LogP contribution in [0.15, 0.2) is 24.3 Å². The maximum Gasteiger partial charge on any atom is 0.429 e. The molecule has 0 saturated carbocycles. The van der Waals surface area contributed by atoms with Gasteiger partial charge in [-0.1, -0.05) is 12.1 Å². The fourth-order valence-electron chi connectivity index (χ4n) is 1.96. The lowest BCUT2D eigenvalue weighted by molar-refractivity contribution is -0.112. The third-order valence-electron chi connectivity index (χ3n) is 3.02. The van der Waals surface area contributed by atoms with E-state index >= 15 is 0 Å². The topological polar surface area (TPSA) is 94.2 Å². The van der Waals surface area contributed by atoms with E-state index in [2.05, 4.69) is 5.43 Å². The van der Waals surface area contributed by atoms with Crippen molar-refractivity contribution >= 4 is 18.5 Å². The molecule has 0 saturated heterocycles. The lowest BCUT2D eigenvalue weighted by Gasteiger charge is -2.27. The number of hydrogen-bond donors (Lipinski definition) is 1. The molecule has 0 heterocycles. The molecule has 8 heteroatoms. The Bertz CT molecular complexity index is 563. The fourth-order valence-corrected chi connectivity index (χ4v) is 1.96. The number of carbonyl (C=O) groups excluding carboxylic acids is 3. The minimum Gasteiger partial charge on any atom is -0.497 e. The van der Waals surface area contributed by atoms with Gasteiger partial charge in [0.05, 0.1) is 20.3 Å². The van der Waals surface area contributed by atoms with Gasteiger partial charge in [-0.25, -0.2) is 20.0 Å². The van der Waals surface area contributed by atoms with E-state index in [1.165, 1.54) is 7.11 Å². The molecule has 0 radical (unpaired) electrons. The van der Waals surface area contributed by atoms with Crippen molar-refractivity contribution in [3.05, 3.63) is 29.8 Å². The first kappa shape index (κ1) is 19.3. The van der Waals surface area contributed by atoms with E-state index in [-0.39, 0.29) is 19.6 Å². The van der Waals surface area contributed by atoms with E-state index in [0.29, 0.717) is 12.0 Å². The van der Waals surface area contributed by atoms with E-state index in [9.17, 15) is 14.4 Å². The Labute approximate surface area is 140 Å². The van der Waals surface area contributed by atoms with Crippen LogP contribution in [0.5, 0.6) is 5.75 Å².